The topological polar surface area (TPSA) is 51.8 Å². The van der Waals surface area contributed by atoms with Gasteiger partial charge in [-0.05, 0) is 28.3 Å². The molecule has 0 amide bonds. The van der Waals surface area contributed by atoms with Crippen LogP contribution in [0.4, 0.5) is 0 Å². The molecular formula is C45H29N3O. The van der Waals surface area contributed by atoms with Gasteiger partial charge < -0.3 is 4.42 Å². The van der Waals surface area contributed by atoms with Crippen molar-refractivity contribution >= 4 is 21.9 Å². The highest BCUT2D eigenvalue weighted by atomic mass is 16.3. The molecule has 0 aliphatic carbocycles. The lowest BCUT2D eigenvalue weighted by atomic mass is 9.97. The van der Waals surface area contributed by atoms with Crippen molar-refractivity contribution in [1.82, 2.24) is 15.0 Å². The van der Waals surface area contributed by atoms with E-state index in [0.29, 0.717) is 17.5 Å². The standard InChI is InChI=1S/C45H29N3O/c1-4-13-31(14-5-1)37-21-11-23-39-40-24-12-22-38(42(40)49-41(37)39)32-27-25-30(26-28-32)35-19-10-20-36(29-35)45-47-43(33-15-6-2-7-16-33)46-44(48-45)34-17-8-3-9-18-34/h1-29H. The van der Waals surface area contributed by atoms with Gasteiger partial charge in [-0.3, -0.25) is 0 Å². The second kappa shape index (κ2) is 12.2. The molecule has 0 aliphatic heterocycles. The van der Waals surface area contributed by atoms with Crippen LogP contribution in [-0.2, 0) is 0 Å². The molecule has 0 saturated heterocycles. The summed E-state index contributed by atoms with van der Waals surface area (Å²) < 4.78 is 6.67. The number of para-hydroxylation sites is 2. The van der Waals surface area contributed by atoms with Gasteiger partial charge in [-0.25, -0.2) is 15.0 Å². The quantitative estimate of drug-likeness (QED) is 0.184. The Morgan fingerprint density at radius 1 is 0.286 bits per heavy atom. The smallest absolute Gasteiger partial charge is 0.164 e. The number of nitrogens with zero attached hydrogens (tertiary/aromatic N) is 3. The van der Waals surface area contributed by atoms with Gasteiger partial charge in [-0.1, -0.05) is 170 Å². The number of furan rings is 1. The van der Waals surface area contributed by atoms with E-state index in [4.69, 9.17) is 19.4 Å². The summed E-state index contributed by atoms with van der Waals surface area (Å²) in [6, 6.07) is 60.4. The minimum atomic E-state index is 0.637. The first-order chi connectivity index (χ1) is 24.3. The van der Waals surface area contributed by atoms with Crippen LogP contribution in [0.1, 0.15) is 0 Å². The summed E-state index contributed by atoms with van der Waals surface area (Å²) in [5.41, 5.74) is 11.2. The van der Waals surface area contributed by atoms with E-state index >= 15 is 0 Å². The summed E-state index contributed by atoms with van der Waals surface area (Å²) in [4.78, 5) is 14.7. The van der Waals surface area contributed by atoms with Crippen LogP contribution in [0.2, 0.25) is 0 Å². The van der Waals surface area contributed by atoms with Crippen molar-refractivity contribution in [3.05, 3.63) is 176 Å². The molecule has 7 aromatic carbocycles. The van der Waals surface area contributed by atoms with Gasteiger partial charge in [-0.15, -0.1) is 0 Å². The SMILES string of the molecule is c1ccc(-c2nc(-c3ccccc3)nc(-c3cccc(-c4ccc(-c5cccc6c5oc5c(-c7ccccc7)cccc56)cc4)c3)n2)cc1. The third-order valence-electron chi connectivity index (χ3n) is 8.96. The Labute approximate surface area is 284 Å². The summed E-state index contributed by atoms with van der Waals surface area (Å²) in [5.74, 6) is 1.93. The summed E-state index contributed by atoms with van der Waals surface area (Å²) in [7, 11) is 0. The molecule has 0 saturated carbocycles. The first-order valence-corrected chi connectivity index (χ1v) is 16.4. The fourth-order valence-corrected chi connectivity index (χ4v) is 6.51. The maximum absolute atomic E-state index is 6.67. The lowest BCUT2D eigenvalue weighted by molar-refractivity contribution is 0.671. The molecule has 0 bridgehead atoms. The van der Waals surface area contributed by atoms with E-state index in [0.717, 1.165) is 72.0 Å². The highest BCUT2D eigenvalue weighted by Gasteiger charge is 2.16. The molecule has 9 rings (SSSR count). The Kier molecular flexibility index (Phi) is 7.10. The third kappa shape index (κ3) is 5.35. The number of hydrogen-bond donors (Lipinski definition) is 0. The summed E-state index contributed by atoms with van der Waals surface area (Å²) in [6.45, 7) is 0. The van der Waals surface area contributed by atoms with Crippen molar-refractivity contribution in [2.75, 3.05) is 0 Å². The second-order valence-electron chi connectivity index (χ2n) is 12.0. The molecule has 0 radical (unpaired) electrons. The lowest BCUT2D eigenvalue weighted by Gasteiger charge is -2.10. The molecule has 0 atom stereocenters. The summed E-state index contributed by atoms with van der Waals surface area (Å²) in [6.07, 6.45) is 0. The van der Waals surface area contributed by atoms with Crippen LogP contribution in [0.5, 0.6) is 0 Å². The molecular weight excluding hydrogens is 599 g/mol. The van der Waals surface area contributed by atoms with Crippen LogP contribution in [0, 0.1) is 0 Å². The Balaban J connectivity index is 1.09. The van der Waals surface area contributed by atoms with Gasteiger partial charge in [0.15, 0.2) is 17.5 Å². The average molecular weight is 628 g/mol. The van der Waals surface area contributed by atoms with Gasteiger partial charge >= 0.3 is 0 Å². The second-order valence-corrected chi connectivity index (χ2v) is 12.0. The Bertz CT molecular complexity index is 2520. The number of benzene rings is 7. The van der Waals surface area contributed by atoms with E-state index in [2.05, 4.69) is 109 Å². The fraction of sp³-hybridized carbons (Fsp3) is 0. The first kappa shape index (κ1) is 28.6. The van der Waals surface area contributed by atoms with Crippen LogP contribution >= 0.6 is 0 Å². The zero-order valence-corrected chi connectivity index (χ0v) is 26.5. The third-order valence-corrected chi connectivity index (χ3v) is 8.96. The van der Waals surface area contributed by atoms with Crippen LogP contribution < -0.4 is 0 Å². The highest BCUT2D eigenvalue weighted by Crippen LogP contribution is 2.40. The molecule has 49 heavy (non-hydrogen) atoms. The van der Waals surface area contributed by atoms with Gasteiger partial charge in [-0.2, -0.15) is 0 Å². The minimum Gasteiger partial charge on any atom is -0.455 e. The monoisotopic (exact) mass is 627 g/mol. The molecule has 230 valence electrons. The van der Waals surface area contributed by atoms with Crippen molar-refractivity contribution < 1.29 is 4.42 Å². The summed E-state index contributed by atoms with van der Waals surface area (Å²) in [5, 5.41) is 2.24. The first-order valence-electron chi connectivity index (χ1n) is 16.4. The highest BCUT2D eigenvalue weighted by molar-refractivity contribution is 6.13. The van der Waals surface area contributed by atoms with Crippen molar-refractivity contribution in [2.45, 2.75) is 0 Å². The molecule has 0 spiro atoms. The summed E-state index contributed by atoms with van der Waals surface area (Å²) >= 11 is 0. The van der Waals surface area contributed by atoms with Crippen LogP contribution in [0.3, 0.4) is 0 Å². The molecule has 2 aromatic heterocycles. The minimum absolute atomic E-state index is 0.637. The normalized spacial score (nSPS) is 11.3. The Morgan fingerprint density at radius 2 is 0.673 bits per heavy atom. The molecule has 2 heterocycles. The Morgan fingerprint density at radius 3 is 1.20 bits per heavy atom. The molecule has 9 aromatic rings. The van der Waals surface area contributed by atoms with Crippen LogP contribution in [-0.4, -0.2) is 15.0 Å². The fourth-order valence-electron chi connectivity index (χ4n) is 6.51. The van der Waals surface area contributed by atoms with E-state index < -0.39 is 0 Å². The van der Waals surface area contributed by atoms with Crippen molar-refractivity contribution in [3.63, 3.8) is 0 Å². The van der Waals surface area contributed by atoms with Crippen molar-refractivity contribution in [3.8, 4) is 67.5 Å². The average Bonchev–Trinajstić information content (AvgIpc) is 3.58. The van der Waals surface area contributed by atoms with E-state index in [1.165, 1.54) is 0 Å². The van der Waals surface area contributed by atoms with Crippen molar-refractivity contribution in [2.24, 2.45) is 0 Å². The van der Waals surface area contributed by atoms with Gasteiger partial charge in [0.05, 0.1) is 0 Å². The van der Waals surface area contributed by atoms with Crippen LogP contribution in [0.15, 0.2) is 180 Å². The molecule has 4 nitrogen and oxygen atoms in total. The predicted octanol–water partition coefficient (Wildman–Crippen LogP) is 11.8. The zero-order chi connectivity index (χ0) is 32.6. The van der Waals surface area contributed by atoms with Gasteiger partial charge in [0.1, 0.15) is 11.2 Å². The zero-order valence-electron chi connectivity index (χ0n) is 26.5. The van der Waals surface area contributed by atoms with Gasteiger partial charge in [0, 0.05) is 38.6 Å². The lowest BCUT2D eigenvalue weighted by Crippen LogP contribution is -2.00. The van der Waals surface area contributed by atoms with Gasteiger partial charge in [0.25, 0.3) is 0 Å². The number of rotatable bonds is 6. The maximum atomic E-state index is 6.67. The van der Waals surface area contributed by atoms with Crippen molar-refractivity contribution in [1.29, 1.82) is 0 Å². The molecule has 0 fully saturated rings. The van der Waals surface area contributed by atoms with Crippen LogP contribution in [0.25, 0.3) is 89.5 Å². The van der Waals surface area contributed by atoms with E-state index in [1.54, 1.807) is 0 Å². The van der Waals surface area contributed by atoms with Gasteiger partial charge in [0.2, 0.25) is 0 Å². The Hall–Kier alpha value is -6.65. The van der Waals surface area contributed by atoms with E-state index in [9.17, 15) is 0 Å². The largest absolute Gasteiger partial charge is 0.455 e. The molecule has 0 unspecified atom stereocenters. The predicted molar refractivity (Wildman–Crippen MR) is 200 cm³/mol. The number of aromatic nitrogens is 3. The molecule has 0 aliphatic rings. The van der Waals surface area contributed by atoms with E-state index in [-0.39, 0.29) is 0 Å². The number of fused-ring (bicyclic) bond motifs is 3. The number of hydrogen-bond acceptors (Lipinski definition) is 4. The van der Waals surface area contributed by atoms with E-state index in [1.807, 2.05) is 66.7 Å². The molecule has 0 N–H and O–H groups in total. The molecule has 4 heteroatoms. The maximum Gasteiger partial charge on any atom is 0.164 e.